The topological polar surface area (TPSA) is 89.4 Å². The van der Waals surface area contributed by atoms with Gasteiger partial charge in [-0.1, -0.05) is 13.8 Å². The molecule has 0 aromatic heterocycles. The Labute approximate surface area is 105 Å². The van der Waals surface area contributed by atoms with Gasteiger partial charge in [0.05, 0.1) is 11.0 Å². The van der Waals surface area contributed by atoms with Crippen LogP contribution in [0.3, 0.4) is 0 Å². The van der Waals surface area contributed by atoms with Crippen molar-refractivity contribution in [1.29, 1.82) is 0 Å². The molecule has 1 rings (SSSR count). The highest BCUT2D eigenvalue weighted by atomic mass is 19.1. The largest absolute Gasteiger partial charge is 0.378 e. The number of nitro benzene ring substituents is 1. The van der Waals surface area contributed by atoms with Crippen LogP contribution in [-0.2, 0) is 0 Å². The van der Waals surface area contributed by atoms with Crippen molar-refractivity contribution in [3.63, 3.8) is 0 Å². The van der Waals surface area contributed by atoms with Crippen LogP contribution >= 0.6 is 0 Å². The summed E-state index contributed by atoms with van der Waals surface area (Å²) in [5, 5.41) is 20.0. The van der Waals surface area contributed by atoms with Crippen LogP contribution in [0.2, 0.25) is 0 Å². The minimum Gasteiger partial charge on any atom is -0.378 e. The molecule has 0 amide bonds. The Kier molecular flexibility index (Phi) is 4.75. The lowest BCUT2D eigenvalue weighted by atomic mass is 9.88. The van der Waals surface area contributed by atoms with Gasteiger partial charge in [-0.3, -0.25) is 10.1 Å². The van der Waals surface area contributed by atoms with Crippen LogP contribution in [0.1, 0.15) is 31.7 Å². The molecular formula is C12H17FN2O3. The summed E-state index contributed by atoms with van der Waals surface area (Å²) in [6, 6.07) is 3.38. The van der Waals surface area contributed by atoms with Crippen LogP contribution in [0.5, 0.6) is 0 Å². The second kappa shape index (κ2) is 5.88. The highest BCUT2D eigenvalue weighted by Gasteiger charge is 2.23. The van der Waals surface area contributed by atoms with Gasteiger partial charge in [-0.2, -0.15) is 0 Å². The summed E-state index contributed by atoms with van der Waals surface area (Å²) >= 11 is 0. The van der Waals surface area contributed by atoms with E-state index in [0.29, 0.717) is 6.42 Å². The number of halogens is 1. The molecule has 0 bridgehead atoms. The van der Waals surface area contributed by atoms with E-state index in [4.69, 9.17) is 5.73 Å². The molecule has 0 aliphatic carbocycles. The summed E-state index contributed by atoms with van der Waals surface area (Å²) in [5.41, 5.74) is 5.34. The maximum atomic E-state index is 13.8. The zero-order chi connectivity index (χ0) is 13.9. The zero-order valence-electron chi connectivity index (χ0n) is 10.3. The number of nitrogens with zero attached hydrogens (tertiary/aromatic N) is 1. The first-order chi connectivity index (χ1) is 8.32. The maximum Gasteiger partial charge on any atom is 0.272 e. The van der Waals surface area contributed by atoms with Crippen LogP contribution < -0.4 is 5.73 Å². The number of rotatable bonds is 5. The van der Waals surface area contributed by atoms with E-state index in [0.717, 1.165) is 6.07 Å². The normalized spacial score (nSPS) is 14.6. The third kappa shape index (κ3) is 3.48. The number of benzene rings is 1. The van der Waals surface area contributed by atoms with Crippen molar-refractivity contribution in [3.8, 4) is 0 Å². The molecule has 0 heterocycles. The number of hydrogen-bond donors (Lipinski definition) is 2. The molecule has 0 aliphatic rings. The number of aliphatic hydroxyl groups is 1. The predicted molar refractivity (Wildman–Crippen MR) is 65.4 cm³/mol. The molecule has 0 aliphatic heterocycles. The molecule has 0 saturated carbocycles. The maximum absolute atomic E-state index is 13.8. The van der Waals surface area contributed by atoms with Gasteiger partial charge in [-0.25, -0.2) is 4.39 Å². The fourth-order valence-electron chi connectivity index (χ4n) is 1.89. The van der Waals surface area contributed by atoms with Gasteiger partial charge in [0.2, 0.25) is 0 Å². The highest BCUT2D eigenvalue weighted by Crippen LogP contribution is 2.29. The van der Waals surface area contributed by atoms with Crippen LogP contribution in [0.4, 0.5) is 10.1 Å². The number of non-ortho nitro benzene ring substituents is 1. The van der Waals surface area contributed by atoms with E-state index >= 15 is 0 Å². The monoisotopic (exact) mass is 256 g/mol. The molecule has 1 aromatic rings. The molecule has 0 radical (unpaired) electrons. The van der Waals surface area contributed by atoms with Gasteiger partial charge < -0.3 is 10.8 Å². The van der Waals surface area contributed by atoms with Crippen molar-refractivity contribution in [1.82, 2.24) is 0 Å². The van der Waals surface area contributed by atoms with Crippen LogP contribution in [0.15, 0.2) is 18.2 Å². The molecule has 0 spiro atoms. The first-order valence-electron chi connectivity index (χ1n) is 5.70. The molecule has 0 saturated heterocycles. The fourth-order valence-corrected chi connectivity index (χ4v) is 1.89. The van der Waals surface area contributed by atoms with Crippen LogP contribution in [0.25, 0.3) is 0 Å². The third-order valence-electron chi connectivity index (χ3n) is 2.73. The Hall–Kier alpha value is -1.53. The molecule has 6 heteroatoms. The van der Waals surface area contributed by atoms with Crippen molar-refractivity contribution in [2.75, 3.05) is 0 Å². The molecule has 5 nitrogen and oxygen atoms in total. The summed E-state index contributed by atoms with van der Waals surface area (Å²) in [6.45, 7) is 3.86. The van der Waals surface area contributed by atoms with Crippen molar-refractivity contribution >= 4 is 5.69 Å². The first kappa shape index (κ1) is 14.5. The Bertz CT molecular complexity index is 435. The van der Waals surface area contributed by atoms with Gasteiger partial charge in [-0.05, 0) is 24.0 Å². The predicted octanol–water partition coefficient (Wildman–Crippen LogP) is 2.14. The van der Waals surface area contributed by atoms with E-state index in [9.17, 15) is 19.6 Å². The molecule has 3 N–H and O–H groups in total. The number of hydrogen-bond acceptors (Lipinski definition) is 4. The second-order valence-corrected chi connectivity index (χ2v) is 4.69. The number of nitrogens with two attached hydrogens (primary N) is 1. The Morgan fingerprint density at radius 3 is 2.50 bits per heavy atom. The van der Waals surface area contributed by atoms with Crippen molar-refractivity contribution in [2.24, 2.45) is 11.7 Å². The Morgan fingerprint density at radius 1 is 1.50 bits per heavy atom. The van der Waals surface area contributed by atoms with Crippen LogP contribution in [0, 0.1) is 21.8 Å². The summed E-state index contributed by atoms with van der Waals surface area (Å²) in [4.78, 5) is 9.85. The molecule has 18 heavy (non-hydrogen) atoms. The summed E-state index contributed by atoms with van der Waals surface area (Å²) < 4.78 is 13.8. The minimum absolute atomic E-state index is 0.212. The van der Waals surface area contributed by atoms with Crippen LogP contribution in [-0.4, -0.2) is 16.3 Å². The van der Waals surface area contributed by atoms with Crippen molar-refractivity contribution in [2.45, 2.75) is 32.4 Å². The third-order valence-corrected chi connectivity index (χ3v) is 2.73. The van der Waals surface area contributed by atoms with E-state index in [-0.39, 0.29) is 17.2 Å². The standard InChI is InChI=1S/C12H17FN2O3/c1-7(2)5-10(12(14)16)9-4-3-8(15(17)18)6-11(9)13/h3-4,6-7,10,12,16H,5,14H2,1-2H3/t10-,12?/m1/s1. The quantitative estimate of drug-likeness (QED) is 0.480. The zero-order valence-corrected chi connectivity index (χ0v) is 10.3. The number of nitro groups is 1. The molecule has 1 unspecified atom stereocenters. The Morgan fingerprint density at radius 2 is 2.11 bits per heavy atom. The van der Waals surface area contributed by atoms with Gasteiger partial charge in [0.1, 0.15) is 12.0 Å². The lowest BCUT2D eigenvalue weighted by Gasteiger charge is -2.22. The van der Waals surface area contributed by atoms with E-state index in [1.807, 2.05) is 13.8 Å². The summed E-state index contributed by atoms with van der Waals surface area (Å²) in [7, 11) is 0. The van der Waals surface area contributed by atoms with E-state index in [1.165, 1.54) is 12.1 Å². The average molecular weight is 256 g/mol. The van der Waals surface area contributed by atoms with Crippen molar-refractivity contribution in [3.05, 3.63) is 39.7 Å². The fraction of sp³-hybridized carbons (Fsp3) is 0.500. The van der Waals surface area contributed by atoms with E-state index < -0.39 is 22.9 Å². The smallest absolute Gasteiger partial charge is 0.272 e. The van der Waals surface area contributed by atoms with E-state index in [2.05, 4.69) is 0 Å². The van der Waals surface area contributed by atoms with E-state index in [1.54, 1.807) is 0 Å². The summed E-state index contributed by atoms with van der Waals surface area (Å²) in [6.07, 6.45) is -0.685. The lowest BCUT2D eigenvalue weighted by Crippen LogP contribution is -2.29. The first-order valence-corrected chi connectivity index (χ1v) is 5.70. The van der Waals surface area contributed by atoms with Gasteiger partial charge in [0.25, 0.3) is 5.69 Å². The van der Waals surface area contributed by atoms with Gasteiger partial charge in [-0.15, -0.1) is 0 Å². The van der Waals surface area contributed by atoms with Gasteiger partial charge in [0, 0.05) is 12.0 Å². The SMILES string of the molecule is CC(C)C[C@H](c1ccc([N+](=O)[O-])cc1F)C(N)O. The van der Waals surface area contributed by atoms with Gasteiger partial charge in [0.15, 0.2) is 0 Å². The molecule has 2 atom stereocenters. The Balaban J connectivity index is 3.09. The average Bonchev–Trinajstić information content (AvgIpc) is 2.25. The minimum atomic E-state index is -1.19. The highest BCUT2D eigenvalue weighted by molar-refractivity contribution is 5.36. The van der Waals surface area contributed by atoms with Gasteiger partial charge >= 0.3 is 0 Å². The molecule has 0 fully saturated rings. The summed E-state index contributed by atoms with van der Waals surface area (Å²) in [5.74, 6) is -1.05. The lowest BCUT2D eigenvalue weighted by molar-refractivity contribution is -0.385. The van der Waals surface area contributed by atoms with Crippen molar-refractivity contribution < 1.29 is 14.4 Å². The molecule has 1 aromatic carbocycles. The second-order valence-electron chi connectivity index (χ2n) is 4.69. The molecular weight excluding hydrogens is 239 g/mol. The number of aliphatic hydroxyl groups excluding tert-OH is 1. The molecule has 100 valence electrons.